The number of hydrogen-bond donors (Lipinski definition) is 0. The molecule has 0 heterocycles. The Labute approximate surface area is 109 Å². The van der Waals surface area contributed by atoms with Crippen LogP contribution in [0.1, 0.15) is 36.8 Å². The molecule has 1 aliphatic rings. The predicted molar refractivity (Wildman–Crippen MR) is 51.8 cm³/mol. The molecule has 0 nitrogen and oxygen atoms in total. The molecule has 0 aromatic heterocycles. The van der Waals surface area contributed by atoms with E-state index in [1.807, 2.05) is 0 Å². The fourth-order valence-electron chi connectivity index (χ4n) is 1.77. The molecule has 1 aromatic rings. The second-order valence-electron chi connectivity index (χ2n) is 3.28. The average Bonchev–Trinajstić information content (AvgIpc) is 2.50. The van der Waals surface area contributed by atoms with Gasteiger partial charge in [-0.3, -0.25) is 6.08 Å². The first kappa shape index (κ1) is 17.1. The van der Waals surface area contributed by atoms with E-state index in [2.05, 4.69) is 43.3 Å². The first-order valence-electron chi connectivity index (χ1n) is 4.60. The van der Waals surface area contributed by atoms with Crippen molar-refractivity contribution in [2.45, 2.75) is 25.7 Å². The van der Waals surface area contributed by atoms with Crippen molar-refractivity contribution in [1.29, 1.82) is 0 Å². The van der Waals surface area contributed by atoms with Crippen LogP contribution < -0.4 is 9.41 Å². The Balaban J connectivity index is 0. The van der Waals surface area contributed by atoms with Crippen molar-refractivity contribution >= 4 is 6.08 Å². The zero-order chi connectivity index (χ0) is 8.39. The molecule has 79 valence electrons. The van der Waals surface area contributed by atoms with Crippen LogP contribution in [0.5, 0.6) is 0 Å². The summed E-state index contributed by atoms with van der Waals surface area (Å²) in [6.45, 7) is 2.22. The van der Waals surface area contributed by atoms with Gasteiger partial charge in [-0.05, 0) is 0 Å². The van der Waals surface area contributed by atoms with Crippen LogP contribution in [-0.4, -0.2) is 0 Å². The monoisotopic (exact) mass is 285 g/mol. The van der Waals surface area contributed by atoms with Gasteiger partial charge in [-0.2, -0.15) is 5.56 Å². The second-order valence-corrected chi connectivity index (χ2v) is 3.28. The Morgan fingerprint density at radius 2 is 1.87 bits per heavy atom. The second kappa shape index (κ2) is 7.93. The molecule has 0 aliphatic heterocycles. The molecule has 0 saturated heterocycles. The summed E-state index contributed by atoms with van der Waals surface area (Å²) in [6.07, 6.45) is 7.98. The van der Waals surface area contributed by atoms with E-state index in [9.17, 15) is 0 Å². The molecular weight excluding hydrogens is 273 g/mol. The summed E-state index contributed by atoms with van der Waals surface area (Å²) in [6, 6.07) is 8.58. The molecule has 15 heavy (non-hydrogen) atoms. The predicted octanol–water partition coefficient (Wildman–Crippen LogP) is -2.59. The van der Waals surface area contributed by atoms with E-state index in [1.54, 1.807) is 0 Å². The van der Waals surface area contributed by atoms with Gasteiger partial charge in [0.1, 0.15) is 0 Å². The van der Waals surface area contributed by atoms with Crippen LogP contribution in [-0.2, 0) is 26.2 Å². The Morgan fingerprint density at radius 1 is 1.20 bits per heavy atom. The Morgan fingerprint density at radius 3 is 2.53 bits per heavy atom. The third-order valence-electron chi connectivity index (χ3n) is 2.39. The Bertz CT molecular complexity index is 310. The summed E-state index contributed by atoms with van der Waals surface area (Å²) >= 11 is 0. The van der Waals surface area contributed by atoms with Gasteiger partial charge in [0.05, 0.1) is 0 Å². The van der Waals surface area contributed by atoms with Crippen molar-refractivity contribution in [2.24, 2.45) is 0 Å². The van der Waals surface area contributed by atoms with Crippen molar-refractivity contribution in [2.75, 3.05) is 0 Å². The molecule has 0 fully saturated rings. The van der Waals surface area contributed by atoms with Crippen molar-refractivity contribution in [1.82, 2.24) is 0 Å². The van der Waals surface area contributed by atoms with Crippen LogP contribution in [0.4, 0.5) is 0 Å². The van der Waals surface area contributed by atoms with Gasteiger partial charge >= 0.3 is 26.2 Å². The molecule has 0 spiro atoms. The number of fused-ring (bicyclic) bond motifs is 1. The Kier molecular flexibility index (Phi) is 9.04. The van der Waals surface area contributed by atoms with Gasteiger partial charge in [-0.15, -0.1) is 11.6 Å². The third kappa shape index (κ3) is 3.64. The molecule has 1 radical (unpaired) electrons. The smallest absolute Gasteiger partial charge is 1.00 e. The first-order valence-corrected chi connectivity index (χ1v) is 4.60. The van der Waals surface area contributed by atoms with Crippen molar-refractivity contribution in [3.05, 3.63) is 41.5 Å². The number of allylic oxidation sites excluding steroid dienone is 1. The molecule has 1 aromatic carbocycles. The van der Waals surface area contributed by atoms with Crippen molar-refractivity contribution in [3.63, 3.8) is 0 Å². The summed E-state index contributed by atoms with van der Waals surface area (Å²) < 4.78 is 0. The fraction of sp³-hybridized carbons (Fsp3) is 0.333. The molecular formula is C12H13F2Zr. The minimum atomic E-state index is 0. The van der Waals surface area contributed by atoms with Crippen LogP contribution in [0.2, 0.25) is 0 Å². The van der Waals surface area contributed by atoms with Crippen LogP contribution in [0.25, 0.3) is 6.08 Å². The molecule has 0 bridgehead atoms. The van der Waals surface area contributed by atoms with Gasteiger partial charge in [0.25, 0.3) is 0 Å². The van der Waals surface area contributed by atoms with Crippen LogP contribution >= 0.6 is 0 Å². The van der Waals surface area contributed by atoms with Crippen LogP contribution in [0.3, 0.4) is 0 Å². The zero-order valence-corrected chi connectivity index (χ0v) is 11.1. The molecule has 1 atom stereocenters. The van der Waals surface area contributed by atoms with Gasteiger partial charge in [0.2, 0.25) is 0 Å². The molecule has 0 N–H and O–H groups in total. The summed E-state index contributed by atoms with van der Waals surface area (Å²) in [4.78, 5) is 0. The van der Waals surface area contributed by atoms with Crippen LogP contribution in [0.15, 0.2) is 24.3 Å². The maximum Gasteiger partial charge on any atom is 3.00 e. The average molecular weight is 286 g/mol. The summed E-state index contributed by atoms with van der Waals surface area (Å²) in [5, 5.41) is 0. The topological polar surface area (TPSA) is 0 Å². The van der Waals surface area contributed by atoms with E-state index < -0.39 is 0 Å². The van der Waals surface area contributed by atoms with Gasteiger partial charge < -0.3 is 9.41 Å². The zero-order valence-electron chi connectivity index (χ0n) is 8.63. The van der Waals surface area contributed by atoms with Crippen LogP contribution in [0, 0.1) is 6.08 Å². The molecule has 3 heteroatoms. The summed E-state index contributed by atoms with van der Waals surface area (Å²) in [5.74, 6) is 0.561. The normalized spacial score (nSPS) is 15.7. The fourth-order valence-corrected chi connectivity index (χ4v) is 1.77. The van der Waals surface area contributed by atoms with E-state index in [0.29, 0.717) is 5.92 Å². The maximum absolute atomic E-state index is 3.40. The SMILES string of the molecule is CCCC1[C-]=Cc2ccccc21.[F-].[F-].[Zr+3]. The van der Waals surface area contributed by atoms with E-state index in [-0.39, 0.29) is 35.6 Å². The minimum absolute atomic E-state index is 0. The molecule has 2 rings (SSSR count). The van der Waals surface area contributed by atoms with E-state index in [1.165, 1.54) is 24.0 Å². The largest absolute Gasteiger partial charge is 3.00 e. The number of halogens is 2. The van der Waals surface area contributed by atoms with Gasteiger partial charge in [0.15, 0.2) is 0 Å². The van der Waals surface area contributed by atoms with Crippen molar-refractivity contribution < 1.29 is 35.6 Å². The van der Waals surface area contributed by atoms with Gasteiger partial charge in [0, 0.05) is 0 Å². The minimum Gasteiger partial charge on any atom is -1.00 e. The first-order chi connectivity index (χ1) is 5.92. The molecule has 0 amide bonds. The number of benzene rings is 1. The van der Waals surface area contributed by atoms with Gasteiger partial charge in [-0.1, -0.05) is 43.9 Å². The standard InChI is InChI=1S/C12H13.2FH.Zr/c1-2-5-10-8-9-11-6-3-4-7-12(10)11;;;/h3-4,6-7,9-10H,2,5H2,1H3;2*1H;/q-1;;;+3/p-2. The molecule has 0 saturated carbocycles. The number of hydrogen-bond acceptors (Lipinski definition) is 0. The van der Waals surface area contributed by atoms with E-state index in [0.717, 1.165) is 0 Å². The van der Waals surface area contributed by atoms with E-state index >= 15 is 0 Å². The molecule has 1 aliphatic carbocycles. The molecule has 1 unspecified atom stereocenters. The van der Waals surface area contributed by atoms with Crippen molar-refractivity contribution in [3.8, 4) is 0 Å². The summed E-state index contributed by atoms with van der Waals surface area (Å²) in [7, 11) is 0. The van der Waals surface area contributed by atoms with Gasteiger partial charge in [-0.25, -0.2) is 6.08 Å². The maximum atomic E-state index is 3.40. The third-order valence-corrected chi connectivity index (χ3v) is 2.39. The number of rotatable bonds is 2. The Hall–Kier alpha value is -0.297. The quantitative estimate of drug-likeness (QED) is 0.524. The summed E-state index contributed by atoms with van der Waals surface area (Å²) in [5.41, 5.74) is 2.82. The van der Waals surface area contributed by atoms with E-state index in [4.69, 9.17) is 0 Å².